The van der Waals surface area contributed by atoms with E-state index in [1.807, 2.05) is 5.01 Å². The summed E-state index contributed by atoms with van der Waals surface area (Å²) < 4.78 is 24.2. The van der Waals surface area contributed by atoms with Gasteiger partial charge >= 0.3 is 0 Å². The van der Waals surface area contributed by atoms with Crippen LogP contribution in [0, 0.1) is 0 Å². The molecule has 1 saturated heterocycles. The highest BCUT2D eigenvalue weighted by Gasteiger charge is 2.30. The van der Waals surface area contributed by atoms with Crippen molar-refractivity contribution >= 4 is 10.0 Å². The van der Waals surface area contributed by atoms with Crippen molar-refractivity contribution < 1.29 is 8.42 Å². The third-order valence-corrected chi connectivity index (χ3v) is 5.14. The first-order valence-corrected chi connectivity index (χ1v) is 7.87. The maximum absolute atomic E-state index is 12.1. The Balaban J connectivity index is 2.68. The molecule has 17 heavy (non-hydrogen) atoms. The molecule has 0 spiro atoms. The summed E-state index contributed by atoms with van der Waals surface area (Å²) >= 11 is 0. The Labute approximate surface area is 105 Å². The van der Waals surface area contributed by atoms with Crippen LogP contribution in [0.2, 0.25) is 0 Å². The van der Waals surface area contributed by atoms with Crippen LogP contribution in [0.15, 0.2) is 0 Å². The fourth-order valence-electron chi connectivity index (χ4n) is 2.24. The van der Waals surface area contributed by atoms with Crippen molar-refractivity contribution in [3.63, 3.8) is 0 Å². The smallest absolute Gasteiger partial charge is 0.228 e. The minimum Gasteiger partial charge on any atom is -0.318 e. The second-order valence-corrected chi connectivity index (χ2v) is 7.12. The number of sulfonamides is 1. The summed E-state index contributed by atoms with van der Waals surface area (Å²) in [5.74, 6) is 0. The van der Waals surface area contributed by atoms with Crippen molar-refractivity contribution in [3.8, 4) is 0 Å². The van der Waals surface area contributed by atoms with Gasteiger partial charge in [0.2, 0.25) is 10.0 Å². The standard InChI is InChI=1S/C11H25N3O2S/c1-9-6-5-7-10(2)14(9)13-17(15,16)11(3)8-12-4/h9-13H,5-8H2,1-4H3. The molecule has 0 amide bonds. The van der Waals surface area contributed by atoms with Gasteiger partial charge in [-0.25, -0.2) is 13.4 Å². The maximum Gasteiger partial charge on any atom is 0.228 e. The van der Waals surface area contributed by atoms with E-state index < -0.39 is 15.3 Å². The largest absolute Gasteiger partial charge is 0.318 e. The zero-order valence-electron chi connectivity index (χ0n) is 11.2. The van der Waals surface area contributed by atoms with E-state index in [2.05, 4.69) is 24.0 Å². The predicted molar refractivity (Wildman–Crippen MR) is 70.1 cm³/mol. The molecule has 1 heterocycles. The van der Waals surface area contributed by atoms with Crippen molar-refractivity contribution in [1.82, 2.24) is 15.2 Å². The Kier molecular flexibility index (Phi) is 5.37. The Hall–Kier alpha value is -0.170. The fraction of sp³-hybridized carbons (Fsp3) is 1.00. The summed E-state index contributed by atoms with van der Waals surface area (Å²) in [4.78, 5) is 2.74. The van der Waals surface area contributed by atoms with Crippen LogP contribution < -0.4 is 10.1 Å². The first-order valence-electron chi connectivity index (χ1n) is 6.32. The Morgan fingerprint density at radius 1 is 1.29 bits per heavy atom. The van der Waals surface area contributed by atoms with E-state index >= 15 is 0 Å². The monoisotopic (exact) mass is 263 g/mol. The Morgan fingerprint density at radius 3 is 2.29 bits per heavy atom. The van der Waals surface area contributed by atoms with Crippen molar-refractivity contribution in [1.29, 1.82) is 0 Å². The maximum atomic E-state index is 12.1. The molecule has 5 nitrogen and oxygen atoms in total. The lowest BCUT2D eigenvalue weighted by Crippen LogP contribution is -2.56. The zero-order valence-corrected chi connectivity index (χ0v) is 12.0. The molecule has 0 bridgehead atoms. The molecule has 102 valence electrons. The second-order valence-electron chi connectivity index (χ2n) is 5.04. The van der Waals surface area contributed by atoms with Gasteiger partial charge in [0, 0.05) is 18.6 Å². The highest BCUT2D eigenvalue weighted by atomic mass is 32.2. The van der Waals surface area contributed by atoms with E-state index in [9.17, 15) is 8.42 Å². The minimum absolute atomic E-state index is 0.273. The van der Waals surface area contributed by atoms with Crippen LogP contribution in [0.4, 0.5) is 0 Å². The number of nitrogens with one attached hydrogen (secondary N) is 2. The molecule has 1 aliphatic heterocycles. The molecule has 0 aromatic carbocycles. The number of rotatable bonds is 5. The highest BCUT2D eigenvalue weighted by Crippen LogP contribution is 2.21. The number of hydrazine groups is 1. The van der Waals surface area contributed by atoms with E-state index in [0.29, 0.717) is 6.54 Å². The molecular formula is C11H25N3O2S. The molecule has 6 heteroatoms. The summed E-state index contributed by atoms with van der Waals surface area (Å²) in [6.07, 6.45) is 3.27. The van der Waals surface area contributed by atoms with Crippen LogP contribution in [0.1, 0.15) is 40.0 Å². The summed E-state index contributed by atoms with van der Waals surface area (Å²) in [7, 11) is -1.51. The predicted octanol–water partition coefficient (Wildman–Crippen LogP) is 0.692. The summed E-state index contributed by atoms with van der Waals surface area (Å²) in [5, 5.41) is 4.37. The molecule has 0 aliphatic carbocycles. The molecule has 0 aromatic rings. The Bertz CT molecular complexity index is 322. The fourth-order valence-corrected chi connectivity index (χ4v) is 3.46. The molecule has 3 unspecified atom stereocenters. The molecule has 0 aromatic heterocycles. The number of piperidine rings is 1. The van der Waals surface area contributed by atoms with E-state index in [4.69, 9.17) is 0 Å². The van der Waals surface area contributed by atoms with Crippen LogP contribution >= 0.6 is 0 Å². The lowest BCUT2D eigenvalue weighted by Gasteiger charge is -2.39. The first kappa shape index (κ1) is 14.9. The molecule has 2 N–H and O–H groups in total. The van der Waals surface area contributed by atoms with Crippen LogP contribution in [-0.2, 0) is 10.0 Å². The number of hydrogen-bond acceptors (Lipinski definition) is 4. The van der Waals surface area contributed by atoms with Gasteiger partial charge in [-0.2, -0.15) is 0 Å². The summed E-state index contributed by atoms with van der Waals surface area (Å²) in [6.45, 7) is 6.33. The van der Waals surface area contributed by atoms with Gasteiger partial charge in [0.1, 0.15) is 0 Å². The summed E-state index contributed by atoms with van der Waals surface area (Å²) in [6, 6.07) is 0.547. The van der Waals surface area contributed by atoms with Crippen molar-refractivity contribution in [2.75, 3.05) is 13.6 Å². The van der Waals surface area contributed by atoms with Gasteiger partial charge in [-0.15, -0.1) is 4.83 Å². The van der Waals surface area contributed by atoms with Crippen LogP contribution in [0.5, 0.6) is 0 Å². The lowest BCUT2D eigenvalue weighted by molar-refractivity contribution is 0.0786. The minimum atomic E-state index is -3.27. The van der Waals surface area contributed by atoms with Crippen molar-refractivity contribution in [3.05, 3.63) is 0 Å². The van der Waals surface area contributed by atoms with Crippen LogP contribution in [-0.4, -0.2) is 44.4 Å². The van der Waals surface area contributed by atoms with Gasteiger partial charge in [0.25, 0.3) is 0 Å². The van der Waals surface area contributed by atoms with E-state index in [1.165, 1.54) is 6.42 Å². The molecule has 3 atom stereocenters. The molecule has 1 fully saturated rings. The first-order chi connectivity index (χ1) is 7.88. The quantitative estimate of drug-likeness (QED) is 0.766. The molecule has 1 aliphatic rings. The van der Waals surface area contributed by atoms with Gasteiger partial charge in [-0.1, -0.05) is 6.42 Å². The van der Waals surface area contributed by atoms with E-state index in [-0.39, 0.29) is 12.1 Å². The Morgan fingerprint density at radius 2 is 1.82 bits per heavy atom. The van der Waals surface area contributed by atoms with Gasteiger partial charge in [-0.3, -0.25) is 0 Å². The molecule has 1 rings (SSSR count). The molecule has 0 radical (unpaired) electrons. The number of nitrogens with zero attached hydrogens (tertiary/aromatic N) is 1. The summed E-state index contributed by atoms with van der Waals surface area (Å²) in [5.41, 5.74) is 0. The van der Waals surface area contributed by atoms with E-state index in [1.54, 1.807) is 14.0 Å². The molecule has 0 saturated carbocycles. The average molecular weight is 263 g/mol. The van der Waals surface area contributed by atoms with Gasteiger partial charge in [0.05, 0.1) is 5.25 Å². The van der Waals surface area contributed by atoms with Gasteiger partial charge < -0.3 is 5.32 Å². The second kappa shape index (κ2) is 6.13. The topological polar surface area (TPSA) is 61.4 Å². The average Bonchev–Trinajstić information content (AvgIpc) is 2.24. The third kappa shape index (κ3) is 3.91. The van der Waals surface area contributed by atoms with Gasteiger partial charge in [0.15, 0.2) is 0 Å². The zero-order chi connectivity index (χ0) is 13.1. The highest BCUT2D eigenvalue weighted by molar-refractivity contribution is 7.90. The number of hydrogen-bond donors (Lipinski definition) is 2. The molecular weight excluding hydrogens is 238 g/mol. The SMILES string of the molecule is CNCC(C)S(=O)(=O)NN1C(C)CCCC1C. The van der Waals surface area contributed by atoms with Crippen molar-refractivity contribution in [2.24, 2.45) is 0 Å². The van der Waals surface area contributed by atoms with Gasteiger partial charge in [-0.05, 0) is 40.7 Å². The third-order valence-electron chi connectivity index (χ3n) is 3.45. The van der Waals surface area contributed by atoms with Crippen LogP contribution in [0.25, 0.3) is 0 Å². The van der Waals surface area contributed by atoms with Crippen molar-refractivity contribution in [2.45, 2.75) is 57.4 Å². The van der Waals surface area contributed by atoms with E-state index in [0.717, 1.165) is 12.8 Å². The lowest BCUT2D eigenvalue weighted by atomic mass is 10.0. The van der Waals surface area contributed by atoms with Crippen LogP contribution in [0.3, 0.4) is 0 Å². The normalized spacial score (nSPS) is 29.2.